The zero-order valence-corrected chi connectivity index (χ0v) is 12.4. The number of allylic oxidation sites excluding steroid dienone is 6. The second kappa shape index (κ2) is 4.81. The molecule has 1 saturated carbocycles. The summed E-state index contributed by atoms with van der Waals surface area (Å²) in [7, 11) is 0. The van der Waals surface area contributed by atoms with E-state index in [2.05, 4.69) is 30.4 Å². The molecule has 1 aromatic rings. The molecule has 3 aliphatic rings. The number of benzene rings is 1. The van der Waals surface area contributed by atoms with Crippen molar-refractivity contribution < 1.29 is 4.79 Å². The van der Waals surface area contributed by atoms with E-state index >= 15 is 0 Å². The van der Waals surface area contributed by atoms with E-state index in [4.69, 9.17) is 5.26 Å². The first kappa shape index (κ1) is 13.3. The van der Waals surface area contributed by atoms with Crippen molar-refractivity contribution in [2.24, 2.45) is 5.41 Å². The zero-order chi connectivity index (χ0) is 15.2. The first-order valence-electron chi connectivity index (χ1n) is 7.82. The SMILES string of the molecule is N#Cc1cccc(C2=CC=C3CC4(C=C3C2)CCC(=O)C4)c1. The third kappa shape index (κ3) is 2.14. The number of hydrogen-bond donors (Lipinski definition) is 0. The van der Waals surface area contributed by atoms with Crippen LogP contribution in [0.5, 0.6) is 0 Å². The Kier molecular flexibility index (Phi) is 2.90. The van der Waals surface area contributed by atoms with Crippen molar-refractivity contribution in [2.45, 2.75) is 32.1 Å². The van der Waals surface area contributed by atoms with Gasteiger partial charge in [-0.25, -0.2) is 0 Å². The lowest BCUT2D eigenvalue weighted by molar-refractivity contribution is -0.117. The molecule has 0 saturated heterocycles. The second-order valence-electron chi connectivity index (χ2n) is 6.68. The lowest BCUT2D eigenvalue weighted by Gasteiger charge is -2.18. The Labute approximate surface area is 130 Å². The van der Waals surface area contributed by atoms with Gasteiger partial charge in [0.2, 0.25) is 0 Å². The van der Waals surface area contributed by atoms with Gasteiger partial charge in [-0.3, -0.25) is 4.79 Å². The van der Waals surface area contributed by atoms with Crippen LogP contribution in [-0.2, 0) is 4.79 Å². The number of hydrogen-bond acceptors (Lipinski definition) is 2. The first-order chi connectivity index (χ1) is 10.7. The lowest BCUT2D eigenvalue weighted by Crippen LogP contribution is -2.09. The molecule has 0 aliphatic heterocycles. The van der Waals surface area contributed by atoms with Crippen LogP contribution in [0.3, 0.4) is 0 Å². The molecule has 3 aliphatic carbocycles. The molecule has 0 N–H and O–H groups in total. The highest BCUT2D eigenvalue weighted by Crippen LogP contribution is 2.52. The van der Waals surface area contributed by atoms with Crippen molar-refractivity contribution in [3.63, 3.8) is 0 Å². The fourth-order valence-corrected chi connectivity index (χ4v) is 4.02. The minimum absolute atomic E-state index is 0.107. The molecule has 1 fully saturated rings. The first-order valence-corrected chi connectivity index (χ1v) is 7.82. The fraction of sp³-hybridized carbons (Fsp3) is 0.300. The van der Waals surface area contributed by atoms with E-state index in [1.54, 1.807) is 0 Å². The minimum atomic E-state index is 0.107. The molecule has 1 spiro atoms. The summed E-state index contributed by atoms with van der Waals surface area (Å²) >= 11 is 0. The van der Waals surface area contributed by atoms with Crippen LogP contribution in [0.2, 0.25) is 0 Å². The van der Waals surface area contributed by atoms with Crippen molar-refractivity contribution in [3.05, 3.63) is 64.8 Å². The number of nitrogens with zero attached hydrogens (tertiary/aromatic N) is 1. The molecular formula is C20H17NO. The summed E-state index contributed by atoms with van der Waals surface area (Å²) in [6.45, 7) is 0. The molecular weight excluding hydrogens is 270 g/mol. The summed E-state index contributed by atoms with van der Waals surface area (Å²) in [6.07, 6.45) is 11.2. The van der Waals surface area contributed by atoms with Gasteiger partial charge in [-0.05, 0) is 53.7 Å². The van der Waals surface area contributed by atoms with E-state index in [0.717, 1.165) is 31.2 Å². The quantitative estimate of drug-likeness (QED) is 0.771. The fourth-order valence-electron chi connectivity index (χ4n) is 4.02. The smallest absolute Gasteiger partial charge is 0.133 e. The van der Waals surface area contributed by atoms with E-state index in [0.29, 0.717) is 17.8 Å². The monoisotopic (exact) mass is 287 g/mol. The Morgan fingerprint density at radius 3 is 2.73 bits per heavy atom. The number of carbonyl (C=O) groups is 1. The van der Waals surface area contributed by atoms with Crippen LogP contribution in [0.1, 0.15) is 43.2 Å². The van der Waals surface area contributed by atoms with Gasteiger partial charge in [-0.2, -0.15) is 5.26 Å². The molecule has 0 aromatic heterocycles. The van der Waals surface area contributed by atoms with Gasteiger partial charge in [0, 0.05) is 18.3 Å². The van der Waals surface area contributed by atoms with Crippen LogP contribution < -0.4 is 0 Å². The van der Waals surface area contributed by atoms with Crippen LogP contribution in [-0.4, -0.2) is 5.78 Å². The van der Waals surface area contributed by atoms with E-state index in [1.807, 2.05) is 18.2 Å². The highest BCUT2D eigenvalue weighted by molar-refractivity contribution is 5.83. The number of rotatable bonds is 1. The highest BCUT2D eigenvalue weighted by Gasteiger charge is 2.42. The van der Waals surface area contributed by atoms with Crippen molar-refractivity contribution in [3.8, 4) is 6.07 Å². The van der Waals surface area contributed by atoms with Crippen LogP contribution in [0, 0.1) is 16.7 Å². The number of ketones is 1. The molecule has 0 amide bonds. The molecule has 108 valence electrons. The topological polar surface area (TPSA) is 40.9 Å². The van der Waals surface area contributed by atoms with Crippen LogP contribution in [0.15, 0.2) is 53.6 Å². The maximum absolute atomic E-state index is 11.7. The predicted molar refractivity (Wildman–Crippen MR) is 85.8 cm³/mol. The van der Waals surface area contributed by atoms with Crippen molar-refractivity contribution in [2.75, 3.05) is 0 Å². The molecule has 2 nitrogen and oxygen atoms in total. The normalized spacial score (nSPS) is 26.3. The van der Waals surface area contributed by atoms with E-state index in [1.165, 1.54) is 16.7 Å². The summed E-state index contributed by atoms with van der Waals surface area (Å²) < 4.78 is 0. The third-order valence-corrected chi connectivity index (χ3v) is 5.12. The van der Waals surface area contributed by atoms with Gasteiger partial charge in [-0.15, -0.1) is 0 Å². The van der Waals surface area contributed by atoms with Crippen LogP contribution in [0.25, 0.3) is 5.57 Å². The Balaban J connectivity index is 1.64. The molecule has 1 unspecified atom stereocenters. The van der Waals surface area contributed by atoms with E-state index in [9.17, 15) is 4.79 Å². The van der Waals surface area contributed by atoms with Crippen molar-refractivity contribution in [1.29, 1.82) is 5.26 Å². The summed E-state index contributed by atoms with van der Waals surface area (Å²) in [5, 5.41) is 9.05. The average molecular weight is 287 g/mol. The maximum Gasteiger partial charge on any atom is 0.133 e. The van der Waals surface area contributed by atoms with Crippen LogP contribution in [0.4, 0.5) is 0 Å². The average Bonchev–Trinajstić information content (AvgIpc) is 3.08. The van der Waals surface area contributed by atoms with Gasteiger partial charge in [0.05, 0.1) is 11.6 Å². The summed E-state index contributed by atoms with van der Waals surface area (Å²) in [6, 6.07) is 10.00. The molecule has 0 heterocycles. The maximum atomic E-state index is 11.7. The largest absolute Gasteiger partial charge is 0.300 e. The van der Waals surface area contributed by atoms with E-state index < -0.39 is 0 Å². The molecule has 4 rings (SSSR count). The Morgan fingerprint density at radius 2 is 1.95 bits per heavy atom. The standard InChI is InChI=1S/C20H17NO/c21-13-14-2-1-3-15(8-14)16-4-5-17-10-20(11-18(17)9-16)7-6-19(22)12-20/h1-5,8,11H,6-7,9-10,12H2. The number of nitriles is 1. The number of Topliss-reactive ketones (excluding diaryl/α,β-unsaturated/α-hetero) is 1. The Hall–Kier alpha value is -2.40. The number of carbonyl (C=O) groups excluding carboxylic acids is 1. The highest BCUT2D eigenvalue weighted by atomic mass is 16.1. The van der Waals surface area contributed by atoms with Gasteiger partial charge < -0.3 is 0 Å². The Bertz CT molecular complexity index is 803. The van der Waals surface area contributed by atoms with Gasteiger partial charge in [0.1, 0.15) is 5.78 Å². The summed E-state index contributed by atoms with van der Waals surface area (Å²) in [4.78, 5) is 11.7. The molecule has 1 atom stereocenters. The Morgan fingerprint density at radius 1 is 1.09 bits per heavy atom. The summed E-state index contributed by atoms with van der Waals surface area (Å²) in [5.41, 5.74) is 5.97. The van der Waals surface area contributed by atoms with E-state index in [-0.39, 0.29) is 5.41 Å². The van der Waals surface area contributed by atoms with Crippen LogP contribution >= 0.6 is 0 Å². The summed E-state index contributed by atoms with van der Waals surface area (Å²) in [5.74, 6) is 0.408. The van der Waals surface area contributed by atoms with Crippen molar-refractivity contribution in [1.82, 2.24) is 0 Å². The molecule has 0 radical (unpaired) electrons. The molecule has 22 heavy (non-hydrogen) atoms. The third-order valence-electron chi connectivity index (χ3n) is 5.12. The van der Waals surface area contributed by atoms with Gasteiger partial charge in [0.25, 0.3) is 0 Å². The lowest BCUT2D eigenvalue weighted by atomic mass is 9.85. The second-order valence-corrected chi connectivity index (χ2v) is 6.68. The molecule has 2 heteroatoms. The minimum Gasteiger partial charge on any atom is -0.300 e. The number of fused-ring (bicyclic) bond motifs is 1. The van der Waals surface area contributed by atoms with Gasteiger partial charge >= 0.3 is 0 Å². The zero-order valence-electron chi connectivity index (χ0n) is 12.4. The molecule has 0 bridgehead atoms. The van der Waals surface area contributed by atoms with Gasteiger partial charge in [-0.1, -0.05) is 30.4 Å². The predicted octanol–water partition coefficient (Wildman–Crippen LogP) is 4.34. The van der Waals surface area contributed by atoms with Crippen molar-refractivity contribution >= 4 is 11.4 Å². The van der Waals surface area contributed by atoms with Gasteiger partial charge in [0.15, 0.2) is 0 Å². The molecule has 1 aromatic carbocycles.